The Balaban J connectivity index is 1.99. The van der Waals surface area contributed by atoms with E-state index < -0.39 is 0 Å². The van der Waals surface area contributed by atoms with E-state index >= 15 is 0 Å². The summed E-state index contributed by atoms with van der Waals surface area (Å²) in [5, 5.41) is 3.24. The van der Waals surface area contributed by atoms with Crippen molar-refractivity contribution in [1.29, 1.82) is 0 Å². The van der Waals surface area contributed by atoms with Crippen molar-refractivity contribution < 1.29 is 4.74 Å². The molecule has 4 nitrogen and oxygen atoms in total. The lowest BCUT2D eigenvalue weighted by Gasteiger charge is -2.24. The monoisotopic (exact) mass is 285 g/mol. The van der Waals surface area contributed by atoms with Gasteiger partial charge in [-0.15, -0.1) is 0 Å². The molecule has 0 amide bonds. The predicted molar refractivity (Wildman–Crippen MR) is 68.4 cm³/mol. The van der Waals surface area contributed by atoms with Crippen molar-refractivity contribution in [3.05, 3.63) is 16.7 Å². The summed E-state index contributed by atoms with van der Waals surface area (Å²) in [6.45, 7) is 3.70. The van der Waals surface area contributed by atoms with Crippen molar-refractivity contribution in [2.75, 3.05) is 24.2 Å². The van der Waals surface area contributed by atoms with Gasteiger partial charge in [-0.2, -0.15) is 0 Å². The van der Waals surface area contributed by atoms with Crippen LogP contribution in [-0.2, 0) is 4.74 Å². The average Bonchev–Trinajstić information content (AvgIpc) is 2.64. The van der Waals surface area contributed by atoms with Crippen molar-refractivity contribution >= 4 is 27.4 Å². The first-order valence-electron chi connectivity index (χ1n) is 5.38. The quantitative estimate of drug-likeness (QED) is 0.895. The number of nitrogens with one attached hydrogen (secondary N) is 1. The fourth-order valence-corrected chi connectivity index (χ4v) is 2.20. The maximum absolute atomic E-state index is 5.85. The van der Waals surface area contributed by atoms with Gasteiger partial charge in [-0.1, -0.05) is 0 Å². The summed E-state index contributed by atoms with van der Waals surface area (Å²) >= 11 is 3.33. The normalized spacial score (nSPS) is 24.6. The Labute approximate surface area is 104 Å². The zero-order valence-corrected chi connectivity index (χ0v) is 10.9. The van der Waals surface area contributed by atoms with Crippen LogP contribution in [-0.4, -0.2) is 23.7 Å². The molecular weight excluding hydrogens is 270 g/mol. The summed E-state index contributed by atoms with van der Waals surface area (Å²) in [6, 6.07) is 1.84. The maximum Gasteiger partial charge on any atom is 0.149 e. The minimum Gasteiger partial charge on any atom is -0.396 e. The summed E-state index contributed by atoms with van der Waals surface area (Å²) in [5.74, 6) is 0.722. The molecule has 3 N–H and O–H groups in total. The highest BCUT2D eigenvalue weighted by Crippen LogP contribution is 2.26. The zero-order chi connectivity index (χ0) is 11.6. The molecule has 1 aliphatic rings. The first kappa shape index (κ1) is 11.7. The number of aromatic nitrogens is 1. The third kappa shape index (κ3) is 2.65. The Hall–Kier alpha value is -0.810. The standard InChI is InChI=1S/C11H16BrN3O/c1-11(3-2-4-16-11)7-15-10-9(13)5-8(12)6-14-10/h5-6H,2-4,7,13H2,1H3,(H,14,15). The molecule has 1 fully saturated rings. The Bertz CT molecular complexity index is 377. The van der Waals surface area contributed by atoms with Crippen molar-refractivity contribution in [3.8, 4) is 0 Å². The van der Waals surface area contributed by atoms with Crippen LogP contribution in [0.5, 0.6) is 0 Å². The Morgan fingerprint density at radius 3 is 3.12 bits per heavy atom. The highest BCUT2D eigenvalue weighted by molar-refractivity contribution is 9.10. The third-order valence-electron chi connectivity index (χ3n) is 2.81. The Kier molecular flexibility index (Phi) is 3.35. The molecule has 1 aromatic heterocycles. The number of hydrogen-bond donors (Lipinski definition) is 2. The van der Waals surface area contributed by atoms with Gasteiger partial charge in [0.05, 0.1) is 11.3 Å². The topological polar surface area (TPSA) is 60.2 Å². The molecule has 0 aliphatic carbocycles. The highest BCUT2D eigenvalue weighted by atomic mass is 79.9. The van der Waals surface area contributed by atoms with Crippen LogP contribution < -0.4 is 11.1 Å². The number of rotatable bonds is 3. The van der Waals surface area contributed by atoms with Crippen molar-refractivity contribution in [2.24, 2.45) is 0 Å². The largest absolute Gasteiger partial charge is 0.396 e. The van der Waals surface area contributed by atoms with Crippen LogP contribution in [0.15, 0.2) is 16.7 Å². The van der Waals surface area contributed by atoms with E-state index in [9.17, 15) is 0 Å². The summed E-state index contributed by atoms with van der Waals surface area (Å²) in [7, 11) is 0. The van der Waals surface area contributed by atoms with E-state index in [1.165, 1.54) is 0 Å². The summed E-state index contributed by atoms with van der Waals surface area (Å²) in [4.78, 5) is 4.23. The summed E-state index contributed by atoms with van der Waals surface area (Å²) in [6.07, 6.45) is 3.94. The molecule has 1 atom stereocenters. The lowest BCUT2D eigenvalue weighted by atomic mass is 10.0. The van der Waals surface area contributed by atoms with Gasteiger partial charge in [0.25, 0.3) is 0 Å². The molecule has 5 heteroatoms. The van der Waals surface area contributed by atoms with Crippen LogP contribution in [0.3, 0.4) is 0 Å². The summed E-state index contributed by atoms with van der Waals surface area (Å²) < 4.78 is 6.57. The van der Waals surface area contributed by atoms with E-state index in [2.05, 4.69) is 33.2 Å². The zero-order valence-electron chi connectivity index (χ0n) is 9.29. The minimum atomic E-state index is -0.0821. The van der Waals surface area contributed by atoms with Gasteiger partial charge < -0.3 is 15.8 Å². The highest BCUT2D eigenvalue weighted by Gasteiger charge is 2.29. The average molecular weight is 286 g/mol. The molecule has 2 heterocycles. The van der Waals surface area contributed by atoms with Gasteiger partial charge in [0.2, 0.25) is 0 Å². The number of nitrogens with zero attached hydrogens (tertiary/aromatic N) is 1. The molecule has 0 bridgehead atoms. The van der Waals surface area contributed by atoms with Gasteiger partial charge in [-0.05, 0) is 41.8 Å². The molecular formula is C11H16BrN3O. The molecule has 1 aromatic rings. The number of nitrogen functional groups attached to an aromatic ring is 1. The van der Waals surface area contributed by atoms with Crippen LogP contribution in [0.1, 0.15) is 19.8 Å². The first-order valence-corrected chi connectivity index (χ1v) is 6.17. The molecule has 16 heavy (non-hydrogen) atoms. The second-order valence-corrected chi connectivity index (χ2v) is 5.26. The number of ether oxygens (including phenoxy) is 1. The molecule has 0 aromatic carbocycles. The number of halogens is 1. The Morgan fingerprint density at radius 1 is 1.69 bits per heavy atom. The van der Waals surface area contributed by atoms with Gasteiger partial charge in [-0.3, -0.25) is 0 Å². The van der Waals surface area contributed by atoms with Crippen LogP contribution in [0.4, 0.5) is 11.5 Å². The predicted octanol–water partition coefficient (Wildman–Crippen LogP) is 2.41. The lowest BCUT2D eigenvalue weighted by molar-refractivity contribution is 0.0315. The van der Waals surface area contributed by atoms with Crippen LogP contribution in [0, 0.1) is 0 Å². The lowest BCUT2D eigenvalue weighted by Crippen LogP contribution is -2.32. The maximum atomic E-state index is 5.85. The van der Waals surface area contributed by atoms with Gasteiger partial charge in [0.1, 0.15) is 5.82 Å². The van der Waals surface area contributed by atoms with Gasteiger partial charge >= 0.3 is 0 Å². The third-order valence-corrected chi connectivity index (χ3v) is 3.25. The molecule has 0 saturated carbocycles. The first-order chi connectivity index (χ1) is 7.59. The molecule has 0 radical (unpaired) electrons. The van der Waals surface area contributed by atoms with E-state index in [4.69, 9.17) is 10.5 Å². The Morgan fingerprint density at radius 2 is 2.50 bits per heavy atom. The molecule has 1 saturated heterocycles. The van der Waals surface area contributed by atoms with Gasteiger partial charge in [0, 0.05) is 23.8 Å². The van der Waals surface area contributed by atoms with Crippen LogP contribution in [0.25, 0.3) is 0 Å². The van der Waals surface area contributed by atoms with Crippen molar-refractivity contribution in [3.63, 3.8) is 0 Å². The van der Waals surface area contributed by atoms with Crippen LogP contribution >= 0.6 is 15.9 Å². The molecule has 1 unspecified atom stereocenters. The molecule has 0 spiro atoms. The van der Waals surface area contributed by atoms with Crippen LogP contribution in [0.2, 0.25) is 0 Å². The molecule has 2 rings (SSSR count). The number of nitrogens with two attached hydrogens (primary N) is 1. The minimum absolute atomic E-state index is 0.0821. The van der Waals surface area contributed by atoms with Gasteiger partial charge in [0.15, 0.2) is 0 Å². The van der Waals surface area contributed by atoms with Gasteiger partial charge in [-0.25, -0.2) is 4.98 Å². The van der Waals surface area contributed by atoms with Crippen molar-refractivity contribution in [1.82, 2.24) is 4.98 Å². The number of hydrogen-bond acceptors (Lipinski definition) is 4. The van der Waals surface area contributed by atoms with E-state index in [0.29, 0.717) is 5.69 Å². The molecule has 1 aliphatic heterocycles. The second kappa shape index (κ2) is 4.59. The number of pyridine rings is 1. The second-order valence-electron chi connectivity index (χ2n) is 4.35. The molecule has 88 valence electrons. The smallest absolute Gasteiger partial charge is 0.149 e. The van der Waals surface area contributed by atoms with E-state index in [1.54, 1.807) is 6.20 Å². The summed E-state index contributed by atoms with van der Waals surface area (Å²) in [5.41, 5.74) is 6.42. The van der Waals surface area contributed by atoms with E-state index in [1.807, 2.05) is 6.07 Å². The SMILES string of the molecule is CC1(CNc2ncc(Br)cc2N)CCCO1. The van der Waals surface area contributed by atoms with E-state index in [0.717, 1.165) is 36.3 Å². The van der Waals surface area contributed by atoms with Crippen molar-refractivity contribution in [2.45, 2.75) is 25.4 Å². The number of anilines is 2. The fraction of sp³-hybridized carbons (Fsp3) is 0.545. The fourth-order valence-electron chi connectivity index (χ4n) is 1.85. The van der Waals surface area contributed by atoms with E-state index in [-0.39, 0.29) is 5.60 Å².